The minimum absolute atomic E-state index is 0.263. The molecule has 2 N–H and O–H groups in total. The van der Waals surface area contributed by atoms with Crippen molar-refractivity contribution in [1.82, 2.24) is 9.96 Å². The lowest BCUT2D eigenvalue weighted by Crippen LogP contribution is -2.40. The van der Waals surface area contributed by atoms with Gasteiger partial charge in [-0.1, -0.05) is 54.6 Å². The normalized spacial score (nSPS) is 19.8. The van der Waals surface area contributed by atoms with Crippen LogP contribution in [0.5, 0.6) is 0 Å². The number of amides is 3. The second-order valence-electron chi connectivity index (χ2n) is 7.59. The zero-order valence-corrected chi connectivity index (χ0v) is 17.3. The van der Waals surface area contributed by atoms with Gasteiger partial charge in [-0.3, -0.25) is 9.63 Å². The number of benzene rings is 2. The second-order valence-corrected chi connectivity index (χ2v) is 8.67. The van der Waals surface area contributed by atoms with Crippen LogP contribution >= 0.6 is 11.3 Å². The first-order chi connectivity index (χ1) is 14.5. The molecule has 6 nitrogen and oxygen atoms in total. The Labute approximate surface area is 178 Å². The molecule has 2 aliphatic heterocycles. The molecule has 1 fully saturated rings. The van der Waals surface area contributed by atoms with Crippen molar-refractivity contribution in [3.63, 3.8) is 0 Å². The minimum Gasteiger partial charge on any atom is -0.368 e. The fourth-order valence-electron chi connectivity index (χ4n) is 4.20. The molecular formula is C23H21N3O3S. The molecule has 0 unspecified atom stereocenters. The van der Waals surface area contributed by atoms with Crippen molar-refractivity contribution in [2.24, 2.45) is 5.73 Å². The summed E-state index contributed by atoms with van der Waals surface area (Å²) >= 11 is 1.53. The maximum atomic E-state index is 13.0. The number of urea groups is 1. The average Bonchev–Trinajstić information content (AvgIpc) is 3.29. The number of carbonyl (C=O) groups is 2. The van der Waals surface area contributed by atoms with E-state index in [4.69, 9.17) is 10.6 Å². The molecule has 7 heteroatoms. The summed E-state index contributed by atoms with van der Waals surface area (Å²) < 4.78 is 0. The van der Waals surface area contributed by atoms with Crippen LogP contribution in [0.15, 0.2) is 60.7 Å². The lowest BCUT2D eigenvalue weighted by molar-refractivity contribution is -0.141. The van der Waals surface area contributed by atoms with Crippen molar-refractivity contribution in [1.29, 1.82) is 0 Å². The molecule has 0 radical (unpaired) electrons. The van der Waals surface area contributed by atoms with Gasteiger partial charge in [0.2, 0.25) is 5.91 Å². The number of rotatable bonds is 5. The molecule has 3 amide bonds. The topological polar surface area (TPSA) is 75.9 Å². The van der Waals surface area contributed by atoms with Gasteiger partial charge in [-0.25, -0.2) is 4.79 Å². The quantitative estimate of drug-likeness (QED) is 0.674. The van der Waals surface area contributed by atoms with Gasteiger partial charge >= 0.3 is 6.03 Å². The third-order valence-electron chi connectivity index (χ3n) is 5.69. The van der Waals surface area contributed by atoms with Gasteiger partial charge in [-0.15, -0.1) is 11.3 Å². The van der Waals surface area contributed by atoms with Gasteiger partial charge in [0.25, 0.3) is 0 Å². The number of hydroxylamine groups is 2. The number of primary amides is 1. The van der Waals surface area contributed by atoms with Crippen molar-refractivity contribution < 1.29 is 14.4 Å². The number of carbonyl (C=O) groups excluding carboxylic acids is 2. The summed E-state index contributed by atoms with van der Waals surface area (Å²) in [5.74, 6) is -0.522. The smallest absolute Gasteiger partial charge is 0.345 e. The fraction of sp³-hybridized carbons (Fsp3) is 0.217. The summed E-state index contributed by atoms with van der Waals surface area (Å²) in [5, 5.41) is 1.41. The number of aryl methyl sites for hydroxylation is 1. The summed E-state index contributed by atoms with van der Waals surface area (Å²) in [6.07, 6.45) is 0. The summed E-state index contributed by atoms with van der Waals surface area (Å²) in [5.41, 5.74) is 9.92. The van der Waals surface area contributed by atoms with Gasteiger partial charge in [0.15, 0.2) is 0 Å². The van der Waals surface area contributed by atoms with Crippen molar-refractivity contribution in [3.05, 3.63) is 82.2 Å². The van der Waals surface area contributed by atoms with Crippen LogP contribution in [-0.4, -0.2) is 28.4 Å². The third kappa shape index (κ3) is 2.98. The summed E-state index contributed by atoms with van der Waals surface area (Å²) in [6.45, 7) is 2.73. The molecule has 5 rings (SSSR count). The van der Waals surface area contributed by atoms with E-state index >= 15 is 0 Å². The molecule has 2 atom stereocenters. The van der Waals surface area contributed by atoms with E-state index in [1.54, 1.807) is 0 Å². The number of nitrogens with zero attached hydrogens (tertiary/aromatic N) is 2. The molecule has 152 valence electrons. The van der Waals surface area contributed by atoms with Crippen LogP contribution in [0.4, 0.5) is 4.79 Å². The van der Waals surface area contributed by atoms with Crippen LogP contribution < -0.4 is 5.73 Å². The SMILES string of the molecule is Cc1ccccc1-c1cc2c(s1)[C@@H](C(N)=O)N1C[C@@H]2N(OCc2ccccc2)C1=O. The van der Waals surface area contributed by atoms with Gasteiger partial charge < -0.3 is 10.6 Å². The van der Waals surface area contributed by atoms with E-state index < -0.39 is 11.9 Å². The first kappa shape index (κ1) is 18.8. The monoisotopic (exact) mass is 419 g/mol. The molecule has 1 aromatic heterocycles. The maximum absolute atomic E-state index is 13.0. The van der Waals surface area contributed by atoms with Crippen LogP contribution in [0.3, 0.4) is 0 Å². The summed E-state index contributed by atoms with van der Waals surface area (Å²) in [4.78, 5) is 34.7. The van der Waals surface area contributed by atoms with Crippen LogP contribution in [-0.2, 0) is 16.2 Å². The number of hydrogen-bond acceptors (Lipinski definition) is 4. The molecule has 2 aromatic carbocycles. The van der Waals surface area contributed by atoms with Gasteiger partial charge in [-0.2, -0.15) is 5.06 Å². The third-order valence-corrected chi connectivity index (χ3v) is 6.93. The Morgan fingerprint density at radius 1 is 1.17 bits per heavy atom. The van der Waals surface area contributed by atoms with Crippen LogP contribution in [0.1, 0.15) is 33.7 Å². The Balaban J connectivity index is 1.52. The summed E-state index contributed by atoms with van der Waals surface area (Å²) in [6, 6.07) is 18.6. The predicted molar refractivity (Wildman–Crippen MR) is 114 cm³/mol. The van der Waals surface area contributed by atoms with E-state index in [1.807, 2.05) is 42.5 Å². The molecule has 3 heterocycles. The minimum atomic E-state index is -0.767. The Bertz CT molecular complexity index is 1130. The highest BCUT2D eigenvalue weighted by Gasteiger charge is 2.51. The van der Waals surface area contributed by atoms with Gasteiger partial charge in [0.05, 0.1) is 6.54 Å². The van der Waals surface area contributed by atoms with Crippen molar-refractivity contribution >= 4 is 23.3 Å². The molecule has 0 saturated carbocycles. The Morgan fingerprint density at radius 2 is 1.90 bits per heavy atom. The molecule has 2 aliphatic rings. The zero-order chi connectivity index (χ0) is 20.8. The van der Waals surface area contributed by atoms with E-state index in [2.05, 4.69) is 25.1 Å². The van der Waals surface area contributed by atoms with E-state index in [1.165, 1.54) is 21.3 Å². The van der Waals surface area contributed by atoms with Crippen molar-refractivity contribution in [2.75, 3.05) is 6.54 Å². The van der Waals surface area contributed by atoms with Gasteiger partial charge in [0, 0.05) is 9.75 Å². The van der Waals surface area contributed by atoms with Crippen LogP contribution in [0.25, 0.3) is 10.4 Å². The van der Waals surface area contributed by atoms with E-state index in [0.29, 0.717) is 6.54 Å². The largest absolute Gasteiger partial charge is 0.368 e. The van der Waals surface area contributed by atoms with Crippen LogP contribution in [0.2, 0.25) is 0 Å². The zero-order valence-electron chi connectivity index (χ0n) is 16.4. The molecule has 2 bridgehead atoms. The van der Waals surface area contributed by atoms with Crippen molar-refractivity contribution in [3.8, 4) is 10.4 Å². The fourth-order valence-corrected chi connectivity index (χ4v) is 5.63. The highest BCUT2D eigenvalue weighted by Crippen LogP contribution is 2.49. The number of nitrogens with two attached hydrogens (primary N) is 1. The highest BCUT2D eigenvalue weighted by atomic mass is 32.1. The van der Waals surface area contributed by atoms with Crippen molar-refractivity contribution in [2.45, 2.75) is 25.6 Å². The molecule has 3 aromatic rings. The molecule has 0 spiro atoms. The maximum Gasteiger partial charge on any atom is 0.345 e. The molecule has 0 aliphatic carbocycles. The first-order valence-corrected chi connectivity index (χ1v) is 10.6. The Morgan fingerprint density at radius 3 is 2.63 bits per heavy atom. The van der Waals surface area contributed by atoms with Gasteiger partial charge in [0.1, 0.15) is 18.7 Å². The van der Waals surface area contributed by atoms with E-state index in [0.717, 1.165) is 32.0 Å². The molecule has 30 heavy (non-hydrogen) atoms. The second kappa shape index (κ2) is 7.27. The number of fused-ring (bicyclic) bond motifs is 4. The first-order valence-electron chi connectivity index (χ1n) is 9.80. The van der Waals surface area contributed by atoms with E-state index in [9.17, 15) is 9.59 Å². The predicted octanol–water partition coefficient (Wildman–Crippen LogP) is 4.17. The molecule has 1 saturated heterocycles. The highest BCUT2D eigenvalue weighted by molar-refractivity contribution is 7.16. The average molecular weight is 420 g/mol. The number of thiophene rings is 1. The lowest BCUT2D eigenvalue weighted by atomic mass is 9.97. The van der Waals surface area contributed by atoms with Crippen LogP contribution in [0, 0.1) is 6.92 Å². The van der Waals surface area contributed by atoms with E-state index in [-0.39, 0.29) is 18.7 Å². The summed E-state index contributed by atoms with van der Waals surface area (Å²) in [7, 11) is 0. The lowest BCUT2D eigenvalue weighted by Gasteiger charge is -2.28. The Kier molecular flexibility index (Phi) is 4.56. The standard InChI is InChI=1S/C23H21N3O3S/c1-14-7-5-6-10-16(14)19-11-17-18-12-25(20(22(24)27)21(17)30-19)23(28)26(18)29-13-15-8-3-2-4-9-15/h2-11,18,20H,12-13H2,1H3,(H2,24,27)/t18-,20-/m0/s1. The number of hydrogen-bond donors (Lipinski definition) is 1. The molecular weight excluding hydrogens is 398 g/mol. The Hall–Kier alpha value is -3.16. The van der Waals surface area contributed by atoms with Gasteiger partial charge in [-0.05, 0) is 35.2 Å².